The van der Waals surface area contributed by atoms with Gasteiger partial charge in [-0.05, 0) is 96.4 Å². The summed E-state index contributed by atoms with van der Waals surface area (Å²) in [5.41, 5.74) is 0.107. The summed E-state index contributed by atoms with van der Waals surface area (Å²) in [4.78, 5) is 9.33. The average molecular weight is 699 g/mol. The standard InChI is InChI=1S/C18H10F6O.2C10H9NO.Al/c19-17(20,21)14-6-13(7-15(9-14)18(22,23)24)11-1-2-12-8-16(25)4-3-10(12)5-11;2*1-7-5-6-8-3-2-4-9(12)10(8)11-7;/h1-9,25H;2*2-6,12H,1H3;/q;;;+3/p-3. The number of fused-ring (bicyclic) bond motifs is 3. The first-order valence-corrected chi connectivity index (χ1v) is 16.8. The van der Waals surface area contributed by atoms with Crippen LogP contribution < -0.4 is 11.4 Å². The second kappa shape index (κ2) is 12.9. The maximum Gasteiger partial charge on any atom is 1.20 e. The molecule has 0 fully saturated rings. The smallest absolute Gasteiger partial charge is 0.577 e. The highest BCUT2D eigenvalue weighted by molar-refractivity contribution is 6.40. The Labute approximate surface area is 287 Å². The van der Waals surface area contributed by atoms with E-state index in [1.54, 1.807) is 36.4 Å². The molecule has 0 bridgehead atoms. The summed E-state index contributed by atoms with van der Waals surface area (Å²) in [6.45, 7) is 3.76. The molecular weight excluding hydrogens is 673 g/mol. The number of halogens is 6. The Kier molecular flexibility index (Phi) is 8.54. The highest BCUT2D eigenvalue weighted by Gasteiger charge is 2.45. The van der Waals surface area contributed by atoms with Crippen molar-refractivity contribution in [3.8, 4) is 28.4 Å². The third kappa shape index (κ3) is 7.04. The van der Waals surface area contributed by atoms with E-state index in [9.17, 15) is 26.3 Å². The van der Waals surface area contributed by atoms with E-state index >= 15 is 0 Å². The quantitative estimate of drug-likeness (QED) is 0.123. The van der Waals surface area contributed by atoms with Crippen molar-refractivity contribution in [1.82, 2.24) is 9.97 Å². The lowest BCUT2D eigenvalue weighted by Crippen LogP contribution is -2.37. The van der Waals surface area contributed by atoms with Crippen molar-refractivity contribution in [2.24, 2.45) is 0 Å². The monoisotopic (exact) mass is 698 g/mol. The minimum Gasteiger partial charge on any atom is -0.577 e. The van der Waals surface area contributed by atoms with Gasteiger partial charge in [0.1, 0.15) is 22.5 Å². The molecule has 7 aromatic rings. The van der Waals surface area contributed by atoms with Crippen LogP contribution in [0.5, 0.6) is 17.2 Å². The highest BCUT2D eigenvalue weighted by atomic mass is 27.3. The molecule has 0 aliphatic rings. The van der Waals surface area contributed by atoms with Gasteiger partial charge in [-0.3, -0.25) is 0 Å². The van der Waals surface area contributed by atoms with Crippen LogP contribution in [0.25, 0.3) is 43.7 Å². The zero-order valence-corrected chi connectivity index (χ0v) is 27.6. The average Bonchev–Trinajstić information content (AvgIpc) is 3.07. The van der Waals surface area contributed by atoms with Crippen LogP contribution in [0.3, 0.4) is 0 Å². The fourth-order valence-electron chi connectivity index (χ4n) is 5.61. The number of para-hydroxylation sites is 2. The summed E-state index contributed by atoms with van der Waals surface area (Å²) in [6, 6.07) is 30.0. The summed E-state index contributed by atoms with van der Waals surface area (Å²) >= 11 is -3.14. The van der Waals surface area contributed by atoms with Crippen LogP contribution in [0, 0.1) is 13.8 Å². The number of aryl methyl sites for hydroxylation is 2. The largest absolute Gasteiger partial charge is 1.20 e. The van der Waals surface area contributed by atoms with Gasteiger partial charge in [-0.2, -0.15) is 26.3 Å². The van der Waals surface area contributed by atoms with Gasteiger partial charge in [0.15, 0.2) is 0 Å². The molecule has 12 heteroatoms. The summed E-state index contributed by atoms with van der Waals surface area (Å²) in [5.74, 6) is 1.32. The van der Waals surface area contributed by atoms with Crippen LogP contribution in [0.2, 0.25) is 0 Å². The Morgan fingerprint density at radius 2 is 0.980 bits per heavy atom. The molecule has 0 amide bonds. The molecule has 0 N–H and O–H groups in total. The molecule has 0 unspecified atom stereocenters. The summed E-state index contributed by atoms with van der Waals surface area (Å²) in [7, 11) is 0. The van der Waals surface area contributed by atoms with Gasteiger partial charge in [-0.15, -0.1) is 0 Å². The number of hydrogen-bond donors (Lipinski definition) is 0. The van der Waals surface area contributed by atoms with E-state index < -0.39 is 38.6 Å². The van der Waals surface area contributed by atoms with E-state index in [1.165, 1.54) is 12.1 Å². The van der Waals surface area contributed by atoms with E-state index in [2.05, 4.69) is 9.97 Å². The molecule has 250 valence electrons. The molecule has 0 spiro atoms. The van der Waals surface area contributed by atoms with Crippen LogP contribution in [-0.4, -0.2) is 25.1 Å². The van der Waals surface area contributed by atoms with Gasteiger partial charge in [0.2, 0.25) is 0 Å². The fourth-order valence-corrected chi connectivity index (χ4v) is 6.92. The molecule has 0 radical (unpaired) electrons. The number of aromatic nitrogens is 2. The molecule has 5 nitrogen and oxygen atoms in total. The molecule has 7 rings (SSSR count). The normalized spacial score (nSPS) is 12.0. The molecule has 0 atom stereocenters. The van der Waals surface area contributed by atoms with Gasteiger partial charge in [-0.25, -0.2) is 9.97 Å². The van der Waals surface area contributed by atoms with Crippen molar-refractivity contribution in [3.63, 3.8) is 0 Å². The van der Waals surface area contributed by atoms with Gasteiger partial charge in [0, 0.05) is 22.2 Å². The fraction of sp³-hybridized carbons (Fsp3) is 0.105. The van der Waals surface area contributed by atoms with Crippen LogP contribution in [0.15, 0.2) is 115 Å². The molecule has 2 heterocycles. The van der Waals surface area contributed by atoms with Crippen LogP contribution in [0.4, 0.5) is 26.3 Å². The zero-order valence-electron chi connectivity index (χ0n) is 26.4. The third-order valence-corrected chi connectivity index (χ3v) is 9.41. The zero-order chi connectivity index (χ0) is 35.2. The van der Waals surface area contributed by atoms with Gasteiger partial charge < -0.3 is 11.4 Å². The van der Waals surface area contributed by atoms with Gasteiger partial charge >= 0.3 is 27.5 Å². The number of benzene rings is 5. The first-order chi connectivity index (χ1) is 23.8. The summed E-state index contributed by atoms with van der Waals surface area (Å²) in [6.07, 6.45) is -9.91. The molecule has 0 aliphatic heterocycles. The molecule has 0 saturated heterocycles. The predicted octanol–water partition coefficient (Wildman–Crippen LogP) is 10.8. The first-order valence-electron chi connectivity index (χ1n) is 15.4. The molecule has 0 saturated carbocycles. The second-order valence-corrected chi connectivity index (χ2v) is 13.0. The van der Waals surface area contributed by atoms with Crippen molar-refractivity contribution in [2.75, 3.05) is 0 Å². The third-order valence-electron chi connectivity index (χ3n) is 8.06. The Bertz CT molecular complexity index is 2280. The SMILES string of the molecule is Cc1ccc2cccc([O][Al]([O]c3ccc4cc(-c5cc(C(F)(F)F)cc(C(F)(F)F)c5)ccc4c3)[O]c3cccc4ccc(C)nc34)c2n1. The Morgan fingerprint density at radius 1 is 0.480 bits per heavy atom. The molecule has 50 heavy (non-hydrogen) atoms. The van der Waals surface area contributed by atoms with E-state index in [0.29, 0.717) is 51.2 Å². The lowest BCUT2D eigenvalue weighted by Gasteiger charge is -2.19. The number of nitrogens with zero attached hydrogens (tertiary/aromatic N) is 2. The number of rotatable bonds is 7. The highest BCUT2D eigenvalue weighted by Crippen LogP contribution is 2.39. The van der Waals surface area contributed by atoms with E-state index in [4.69, 9.17) is 11.4 Å². The van der Waals surface area contributed by atoms with Crippen LogP contribution in [-0.2, 0) is 12.4 Å². The van der Waals surface area contributed by atoms with Gasteiger partial charge in [-0.1, -0.05) is 54.6 Å². The van der Waals surface area contributed by atoms with E-state index in [-0.39, 0.29) is 17.2 Å². The van der Waals surface area contributed by atoms with Crippen molar-refractivity contribution < 1.29 is 37.7 Å². The number of pyridine rings is 2. The van der Waals surface area contributed by atoms with Crippen molar-refractivity contribution in [1.29, 1.82) is 0 Å². The maximum absolute atomic E-state index is 13.5. The van der Waals surface area contributed by atoms with Gasteiger partial charge in [0.05, 0.1) is 16.9 Å². The molecule has 5 aromatic carbocycles. The Balaban J connectivity index is 1.24. The minimum absolute atomic E-state index is 0.115. The maximum atomic E-state index is 13.5. The summed E-state index contributed by atoms with van der Waals surface area (Å²) < 4.78 is 100. The van der Waals surface area contributed by atoms with E-state index in [0.717, 1.165) is 22.2 Å². The Hall–Kier alpha value is -5.31. The predicted molar refractivity (Wildman–Crippen MR) is 180 cm³/mol. The summed E-state index contributed by atoms with van der Waals surface area (Å²) in [5, 5.41) is 2.94. The molecule has 0 aliphatic carbocycles. The minimum atomic E-state index is -4.95. The molecular formula is C38H25AlF6N2O3. The van der Waals surface area contributed by atoms with Crippen LogP contribution in [0.1, 0.15) is 22.5 Å². The van der Waals surface area contributed by atoms with Crippen molar-refractivity contribution >= 4 is 47.7 Å². The van der Waals surface area contributed by atoms with E-state index in [1.807, 2.05) is 62.4 Å². The lowest BCUT2D eigenvalue weighted by molar-refractivity contribution is -0.143. The van der Waals surface area contributed by atoms with Gasteiger partial charge in [0.25, 0.3) is 0 Å². The first kappa shape index (κ1) is 33.2. The molecule has 2 aromatic heterocycles. The topological polar surface area (TPSA) is 53.5 Å². The lowest BCUT2D eigenvalue weighted by atomic mass is 9.97. The van der Waals surface area contributed by atoms with Crippen molar-refractivity contribution in [3.05, 3.63) is 138 Å². The Morgan fingerprint density at radius 3 is 1.52 bits per heavy atom. The number of hydrogen-bond acceptors (Lipinski definition) is 5. The van der Waals surface area contributed by atoms with Crippen LogP contribution >= 0.6 is 0 Å². The number of alkyl halides is 6. The van der Waals surface area contributed by atoms with Crippen molar-refractivity contribution in [2.45, 2.75) is 26.2 Å². The second-order valence-electron chi connectivity index (χ2n) is 11.7.